The standard InChI is InChI=1S/C15H14F3N3.ClH/c16-15(17,18)11-5-3-10(4-6-11)13-8-21-14(9-20-13)12-2-1-7-19-12;/h3-6,8-9,12,19H,1-2,7H2;1H. The van der Waals surface area contributed by atoms with Gasteiger partial charge in [0.05, 0.1) is 35.4 Å². The topological polar surface area (TPSA) is 37.8 Å². The highest BCUT2D eigenvalue weighted by atomic mass is 35.5. The van der Waals surface area contributed by atoms with Crippen LogP contribution in [-0.4, -0.2) is 16.5 Å². The van der Waals surface area contributed by atoms with Crippen LogP contribution in [0, 0.1) is 0 Å². The molecule has 1 aromatic carbocycles. The minimum absolute atomic E-state index is 0. The van der Waals surface area contributed by atoms with Crippen LogP contribution in [0.2, 0.25) is 0 Å². The molecule has 1 N–H and O–H groups in total. The molecule has 2 aromatic rings. The highest BCUT2D eigenvalue weighted by molar-refractivity contribution is 5.85. The van der Waals surface area contributed by atoms with Gasteiger partial charge < -0.3 is 5.32 Å². The quantitative estimate of drug-likeness (QED) is 0.904. The smallest absolute Gasteiger partial charge is 0.309 e. The number of alkyl halides is 3. The maximum absolute atomic E-state index is 12.5. The second kappa shape index (κ2) is 6.62. The number of halogens is 4. The van der Waals surface area contributed by atoms with Gasteiger partial charge in [0.2, 0.25) is 0 Å². The number of hydrogen-bond acceptors (Lipinski definition) is 3. The maximum atomic E-state index is 12.5. The van der Waals surface area contributed by atoms with E-state index in [1.807, 2.05) is 0 Å². The molecule has 0 radical (unpaired) electrons. The predicted octanol–water partition coefficient (Wildman–Crippen LogP) is 4.01. The molecule has 0 spiro atoms. The molecule has 1 aromatic heterocycles. The molecule has 1 atom stereocenters. The monoisotopic (exact) mass is 329 g/mol. The Hall–Kier alpha value is -1.66. The number of nitrogens with zero attached hydrogens (tertiary/aromatic N) is 2. The van der Waals surface area contributed by atoms with Crippen LogP contribution in [0.15, 0.2) is 36.7 Å². The Balaban J connectivity index is 0.00000176. The van der Waals surface area contributed by atoms with Gasteiger partial charge in [-0.15, -0.1) is 12.4 Å². The summed E-state index contributed by atoms with van der Waals surface area (Å²) in [6.45, 7) is 0.979. The second-order valence-corrected chi connectivity index (χ2v) is 5.05. The summed E-state index contributed by atoms with van der Waals surface area (Å²) in [6.07, 6.45) is 1.14. The average molecular weight is 330 g/mol. The molecular weight excluding hydrogens is 315 g/mol. The lowest BCUT2D eigenvalue weighted by molar-refractivity contribution is -0.137. The molecule has 0 aliphatic carbocycles. The molecule has 1 aliphatic rings. The van der Waals surface area contributed by atoms with Crippen LogP contribution in [0.25, 0.3) is 11.3 Å². The summed E-state index contributed by atoms with van der Waals surface area (Å²) >= 11 is 0. The number of benzene rings is 1. The van der Waals surface area contributed by atoms with Gasteiger partial charge in [-0.3, -0.25) is 9.97 Å². The molecule has 1 fully saturated rings. The van der Waals surface area contributed by atoms with E-state index in [9.17, 15) is 13.2 Å². The first kappa shape index (κ1) is 16.7. The third kappa shape index (κ3) is 3.56. The largest absolute Gasteiger partial charge is 0.416 e. The molecule has 118 valence electrons. The summed E-state index contributed by atoms with van der Waals surface area (Å²) < 4.78 is 37.5. The lowest BCUT2D eigenvalue weighted by Gasteiger charge is -2.10. The zero-order valence-corrected chi connectivity index (χ0v) is 12.4. The van der Waals surface area contributed by atoms with E-state index < -0.39 is 11.7 Å². The maximum Gasteiger partial charge on any atom is 0.416 e. The second-order valence-electron chi connectivity index (χ2n) is 5.05. The van der Waals surface area contributed by atoms with Gasteiger partial charge in [0, 0.05) is 5.56 Å². The fraction of sp³-hybridized carbons (Fsp3) is 0.333. The van der Waals surface area contributed by atoms with Crippen molar-refractivity contribution in [3.05, 3.63) is 47.9 Å². The third-order valence-electron chi connectivity index (χ3n) is 3.60. The van der Waals surface area contributed by atoms with Gasteiger partial charge in [-0.1, -0.05) is 12.1 Å². The Labute approximate surface area is 132 Å². The van der Waals surface area contributed by atoms with Crippen LogP contribution in [0.5, 0.6) is 0 Å². The first-order valence-corrected chi connectivity index (χ1v) is 6.77. The van der Waals surface area contributed by atoms with Crippen LogP contribution in [-0.2, 0) is 6.18 Å². The molecule has 7 heteroatoms. The Morgan fingerprint density at radius 3 is 2.27 bits per heavy atom. The Morgan fingerprint density at radius 2 is 1.77 bits per heavy atom. The number of aromatic nitrogens is 2. The molecule has 0 saturated carbocycles. The van der Waals surface area contributed by atoms with Gasteiger partial charge in [0.15, 0.2) is 0 Å². The van der Waals surface area contributed by atoms with Crippen molar-refractivity contribution in [1.82, 2.24) is 15.3 Å². The highest BCUT2D eigenvalue weighted by Crippen LogP contribution is 2.30. The molecule has 0 bridgehead atoms. The third-order valence-corrected chi connectivity index (χ3v) is 3.60. The summed E-state index contributed by atoms with van der Waals surface area (Å²) in [7, 11) is 0. The summed E-state index contributed by atoms with van der Waals surface area (Å²) in [5.41, 5.74) is 1.42. The van der Waals surface area contributed by atoms with Crippen molar-refractivity contribution in [3.8, 4) is 11.3 Å². The van der Waals surface area contributed by atoms with E-state index in [1.54, 1.807) is 12.4 Å². The fourth-order valence-corrected chi connectivity index (χ4v) is 2.43. The zero-order valence-electron chi connectivity index (χ0n) is 11.6. The van der Waals surface area contributed by atoms with Crippen molar-refractivity contribution in [2.45, 2.75) is 25.1 Å². The van der Waals surface area contributed by atoms with Gasteiger partial charge in [-0.25, -0.2) is 0 Å². The van der Waals surface area contributed by atoms with Crippen LogP contribution >= 0.6 is 12.4 Å². The van der Waals surface area contributed by atoms with E-state index >= 15 is 0 Å². The normalized spacial score (nSPS) is 18.0. The van der Waals surface area contributed by atoms with Crippen LogP contribution in [0.1, 0.15) is 30.1 Å². The number of nitrogens with one attached hydrogen (secondary N) is 1. The summed E-state index contributed by atoms with van der Waals surface area (Å²) in [5, 5.41) is 3.33. The lowest BCUT2D eigenvalue weighted by Crippen LogP contribution is -2.14. The van der Waals surface area contributed by atoms with Gasteiger partial charge in [-0.2, -0.15) is 13.2 Å². The van der Waals surface area contributed by atoms with E-state index in [2.05, 4.69) is 15.3 Å². The van der Waals surface area contributed by atoms with Crippen LogP contribution < -0.4 is 5.32 Å². The van der Waals surface area contributed by atoms with E-state index in [0.29, 0.717) is 11.3 Å². The van der Waals surface area contributed by atoms with Gasteiger partial charge in [0.1, 0.15) is 0 Å². The Kier molecular flexibility index (Phi) is 5.03. The predicted molar refractivity (Wildman–Crippen MR) is 79.7 cm³/mol. The molecule has 2 heterocycles. The van der Waals surface area contributed by atoms with E-state index in [0.717, 1.165) is 37.2 Å². The zero-order chi connectivity index (χ0) is 14.9. The first-order chi connectivity index (χ1) is 10.0. The molecule has 22 heavy (non-hydrogen) atoms. The van der Waals surface area contributed by atoms with Crippen molar-refractivity contribution >= 4 is 12.4 Å². The highest BCUT2D eigenvalue weighted by Gasteiger charge is 2.30. The molecule has 0 amide bonds. The lowest BCUT2D eigenvalue weighted by atomic mass is 10.1. The summed E-state index contributed by atoms with van der Waals surface area (Å²) in [4.78, 5) is 8.66. The van der Waals surface area contributed by atoms with E-state index in [1.165, 1.54) is 12.1 Å². The van der Waals surface area contributed by atoms with Crippen molar-refractivity contribution < 1.29 is 13.2 Å². The minimum Gasteiger partial charge on any atom is -0.309 e. The van der Waals surface area contributed by atoms with E-state index in [-0.39, 0.29) is 18.4 Å². The summed E-state index contributed by atoms with van der Waals surface area (Å²) in [5.74, 6) is 0. The van der Waals surface area contributed by atoms with Gasteiger partial charge in [-0.05, 0) is 31.5 Å². The van der Waals surface area contributed by atoms with Crippen molar-refractivity contribution in [2.24, 2.45) is 0 Å². The minimum atomic E-state index is -4.32. The van der Waals surface area contributed by atoms with Crippen molar-refractivity contribution in [2.75, 3.05) is 6.54 Å². The first-order valence-electron chi connectivity index (χ1n) is 6.77. The van der Waals surface area contributed by atoms with Gasteiger partial charge >= 0.3 is 6.18 Å². The molecular formula is C15H15ClF3N3. The van der Waals surface area contributed by atoms with Crippen molar-refractivity contribution in [3.63, 3.8) is 0 Å². The Morgan fingerprint density at radius 1 is 1.05 bits per heavy atom. The fourth-order valence-electron chi connectivity index (χ4n) is 2.43. The molecule has 3 nitrogen and oxygen atoms in total. The molecule has 1 aliphatic heterocycles. The molecule has 3 rings (SSSR count). The number of hydrogen-bond donors (Lipinski definition) is 1. The number of rotatable bonds is 2. The molecule has 1 unspecified atom stereocenters. The Bertz CT molecular complexity index is 605. The SMILES string of the molecule is Cl.FC(F)(F)c1ccc(-c2cnc(C3CCCN3)cn2)cc1. The average Bonchev–Trinajstić information content (AvgIpc) is 3.01. The van der Waals surface area contributed by atoms with Gasteiger partial charge in [0.25, 0.3) is 0 Å². The van der Waals surface area contributed by atoms with E-state index in [4.69, 9.17) is 0 Å². The van der Waals surface area contributed by atoms with Crippen molar-refractivity contribution in [1.29, 1.82) is 0 Å². The molecule has 1 saturated heterocycles. The van der Waals surface area contributed by atoms with Crippen LogP contribution in [0.4, 0.5) is 13.2 Å². The summed E-state index contributed by atoms with van der Waals surface area (Å²) in [6, 6.07) is 5.19. The van der Waals surface area contributed by atoms with Crippen LogP contribution in [0.3, 0.4) is 0 Å².